The van der Waals surface area contributed by atoms with E-state index in [0.29, 0.717) is 0 Å². The minimum absolute atomic E-state index is 0. The summed E-state index contributed by atoms with van der Waals surface area (Å²) in [5.74, 6) is 0.744. The minimum atomic E-state index is -3.04. The molecule has 2 aromatic carbocycles. The first-order valence-electron chi connectivity index (χ1n) is 11.9. The Hall–Kier alpha value is -0.177. The van der Waals surface area contributed by atoms with E-state index in [9.17, 15) is 4.89 Å². The van der Waals surface area contributed by atoms with Crippen LogP contribution in [0.25, 0.3) is 0 Å². The molecule has 0 aliphatic heterocycles. The van der Waals surface area contributed by atoms with Gasteiger partial charge in [-0.15, -0.1) is 0 Å². The largest absolute Gasteiger partial charge is 0.436 e. The zero-order valence-corrected chi connectivity index (χ0v) is 25.4. The van der Waals surface area contributed by atoms with Crippen molar-refractivity contribution in [2.75, 3.05) is 0 Å². The summed E-state index contributed by atoms with van der Waals surface area (Å²) in [7, 11) is 0. The van der Waals surface area contributed by atoms with Crippen molar-refractivity contribution < 1.29 is 28.9 Å². The van der Waals surface area contributed by atoms with Crippen LogP contribution in [0.1, 0.15) is 89.2 Å². The summed E-state index contributed by atoms with van der Waals surface area (Å²) in [6, 6.07) is 16.3. The topological polar surface area (TPSA) is 29.5 Å². The van der Waals surface area contributed by atoms with Crippen LogP contribution in [0, 0.1) is 0 Å². The monoisotopic (exact) mass is 542 g/mol. The van der Waals surface area contributed by atoms with E-state index in [2.05, 4.69) is 38.1 Å². The number of benzene rings is 2. The molecule has 0 bridgehead atoms. The SMILES string of the molecule is CCCCCCCc1ccccc1OP(O)(=S)Sc1ccccc1CCCCCCC.[Zn]. The van der Waals surface area contributed by atoms with Gasteiger partial charge in [0, 0.05) is 24.4 Å². The average molecular weight is 544 g/mol. The van der Waals surface area contributed by atoms with Crippen molar-refractivity contribution in [3.05, 3.63) is 59.7 Å². The molecule has 1 N–H and O–H groups in total. The molecule has 0 fully saturated rings. The van der Waals surface area contributed by atoms with Gasteiger partial charge in [-0.25, -0.2) is 0 Å². The van der Waals surface area contributed by atoms with Crippen molar-refractivity contribution in [1.29, 1.82) is 0 Å². The maximum atomic E-state index is 11.0. The Morgan fingerprint density at radius 3 is 1.88 bits per heavy atom. The Bertz CT molecular complexity index is 752. The fourth-order valence-electron chi connectivity index (χ4n) is 3.70. The van der Waals surface area contributed by atoms with Crippen molar-refractivity contribution in [2.24, 2.45) is 0 Å². The van der Waals surface area contributed by atoms with Gasteiger partial charge >= 0.3 is 0 Å². The van der Waals surface area contributed by atoms with Gasteiger partial charge in [-0.1, -0.05) is 102 Å². The minimum Gasteiger partial charge on any atom is -0.436 e. The van der Waals surface area contributed by atoms with Crippen molar-refractivity contribution in [3.63, 3.8) is 0 Å². The molecule has 2 aromatic rings. The first-order chi connectivity index (χ1) is 15.1. The maximum absolute atomic E-state index is 11.0. The first-order valence-corrected chi connectivity index (χ1v) is 16.0. The van der Waals surface area contributed by atoms with Crippen LogP contribution in [0.3, 0.4) is 0 Å². The van der Waals surface area contributed by atoms with Crippen molar-refractivity contribution in [3.8, 4) is 5.75 Å². The van der Waals surface area contributed by atoms with Crippen LogP contribution in [0.15, 0.2) is 53.4 Å². The van der Waals surface area contributed by atoms with Crippen molar-refractivity contribution in [1.82, 2.24) is 0 Å². The molecule has 0 radical (unpaired) electrons. The zero-order chi connectivity index (χ0) is 22.4. The van der Waals surface area contributed by atoms with E-state index >= 15 is 0 Å². The molecule has 0 aromatic heterocycles. The summed E-state index contributed by atoms with van der Waals surface area (Å²) in [5.41, 5.74) is -0.630. The number of aryl methyl sites for hydroxylation is 2. The quantitative estimate of drug-likeness (QED) is 0.130. The molecule has 1 atom stereocenters. The van der Waals surface area contributed by atoms with Crippen molar-refractivity contribution >= 4 is 28.9 Å². The third-order valence-electron chi connectivity index (χ3n) is 5.47. The van der Waals surface area contributed by atoms with E-state index in [1.165, 1.54) is 74.7 Å². The Morgan fingerprint density at radius 2 is 1.25 bits per heavy atom. The standard InChI is InChI=1S/C26H39O2PS2.Zn/c1-3-5-7-9-11-17-23-18-13-15-21-25(23)28-29(27,30)31-26-22-16-14-20-24(26)19-12-10-8-6-4-2;/h13-16,18,20-22H,3-12,17,19H2,1-2H3,(H,27,30);. The van der Waals surface area contributed by atoms with Crippen LogP contribution in [0.4, 0.5) is 0 Å². The second kappa shape index (κ2) is 17.3. The molecule has 0 saturated carbocycles. The fourth-order valence-corrected chi connectivity index (χ4v) is 7.44. The van der Waals surface area contributed by atoms with Gasteiger partial charge < -0.3 is 9.42 Å². The number of hydrogen-bond acceptors (Lipinski definition) is 3. The average Bonchev–Trinajstić information content (AvgIpc) is 2.75. The third-order valence-corrected chi connectivity index (χ3v) is 9.13. The predicted molar refractivity (Wildman–Crippen MR) is 141 cm³/mol. The third kappa shape index (κ3) is 11.8. The zero-order valence-electron chi connectivity index (χ0n) is 19.9. The van der Waals surface area contributed by atoms with Gasteiger partial charge in [-0.05, 0) is 72.1 Å². The molecule has 0 heterocycles. The van der Waals surface area contributed by atoms with E-state index in [0.717, 1.165) is 35.5 Å². The molecule has 0 aliphatic carbocycles. The van der Waals surface area contributed by atoms with Gasteiger partial charge in [0.2, 0.25) is 0 Å². The summed E-state index contributed by atoms with van der Waals surface area (Å²) in [5, 5.41) is 0. The van der Waals surface area contributed by atoms with Gasteiger partial charge in [-0.2, -0.15) is 0 Å². The van der Waals surface area contributed by atoms with Crippen LogP contribution in [0.5, 0.6) is 5.75 Å². The fraction of sp³-hybridized carbons (Fsp3) is 0.538. The Kier molecular flexibility index (Phi) is 16.1. The second-order valence-corrected chi connectivity index (χ2v) is 14.1. The molecule has 1 unspecified atom stereocenters. The summed E-state index contributed by atoms with van der Waals surface area (Å²) in [6.45, 7) is 4.48. The molecule has 32 heavy (non-hydrogen) atoms. The smallest absolute Gasteiger partial charge is 0.299 e. The van der Waals surface area contributed by atoms with Crippen LogP contribution in [-0.2, 0) is 44.1 Å². The maximum Gasteiger partial charge on any atom is 0.299 e. The Balaban J connectivity index is 0.00000512. The molecule has 2 rings (SSSR count). The van der Waals surface area contributed by atoms with Crippen LogP contribution < -0.4 is 4.52 Å². The number of rotatable bonds is 16. The predicted octanol–water partition coefficient (Wildman–Crippen LogP) is 9.10. The van der Waals surface area contributed by atoms with Gasteiger partial charge in [-0.3, -0.25) is 0 Å². The van der Waals surface area contributed by atoms with Crippen molar-refractivity contribution in [2.45, 2.75) is 95.8 Å². The van der Waals surface area contributed by atoms with E-state index in [1.54, 1.807) is 0 Å². The normalized spacial score (nSPS) is 12.7. The first kappa shape index (κ1) is 29.9. The molecule has 2 nitrogen and oxygen atoms in total. The van der Waals surface area contributed by atoms with Gasteiger partial charge in [0.05, 0.1) is 0 Å². The molecule has 0 aliphatic rings. The molecule has 0 saturated heterocycles. The molecule has 174 valence electrons. The summed E-state index contributed by atoms with van der Waals surface area (Å²) >= 11 is 6.91. The summed E-state index contributed by atoms with van der Waals surface area (Å²) in [4.78, 5) is 12.1. The van der Waals surface area contributed by atoms with Crippen LogP contribution >= 0.6 is 17.1 Å². The van der Waals surface area contributed by atoms with E-state index in [1.807, 2.05) is 24.3 Å². The summed E-state index contributed by atoms with van der Waals surface area (Å²) in [6.07, 6.45) is 14.5. The number of hydrogen-bond donors (Lipinski definition) is 1. The molecule has 0 spiro atoms. The Labute approximate surface area is 218 Å². The van der Waals surface area contributed by atoms with E-state index in [-0.39, 0.29) is 19.5 Å². The van der Waals surface area contributed by atoms with Gasteiger partial charge in [0.25, 0.3) is 5.69 Å². The van der Waals surface area contributed by atoms with Gasteiger partial charge in [0.1, 0.15) is 5.75 Å². The summed E-state index contributed by atoms with van der Waals surface area (Å²) < 4.78 is 6.07. The van der Waals surface area contributed by atoms with E-state index < -0.39 is 5.69 Å². The Morgan fingerprint density at radius 1 is 0.750 bits per heavy atom. The second-order valence-electron chi connectivity index (χ2n) is 8.20. The molecule has 0 amide bonds. The number of para-hydroxylation sites is 1. The molecule has 6 heteroatoms. The van der Waals surface area contributed by atoms with E-state index in [4.69, 9.17) is 16.3 Å². The van der Waals surface area contributed by atoms with Crippen LogP contribution in [-0.4, -0.2) is 4.89 Å². The molecular weight excluding hydrogens is 505 g/mol. The van der Waals surface area contributed by atoms with Gasteiger partial charge in [0.15, 0.2) is 0 Å². The number of unbranched alkanes of at least 4 members (excludes halogenated alkanes) is 8. The molecular formula is C26H39O2PS2Zn. The van der Waals surface area contributed by atoms with Crippen LogP contribution in [0.2, 0.25) is 0 Å².